The molecule has 0 atom stereocenters. The topological polar surface area (TPSA) is 17.1 Å². The first-order chi connectivity index (χ1) is 7.74. The third kappa shape index (κ3) is 5.13. The number of hydrogen-bond acceptors (Lipinski definition) is 1. The smallest absolute Gasteiger partial charge is 0.162 e. The highest BCUT2D eigenvalue weighted by Gasteiger charge is 2.05. The summed E-state index contributed by atoms with van der Waals surface area (Å²) in [5, 5.41) is 0. The van der Waals surface area contributed by atoms with Gasteiger partial charge in [0, 0.05) is 22.3 Å². The lowest BCUT2D eigenvalue weighted by molar-refractivity contribution is 0.0979. The van der Waals surface area contributed by atoms with E-state index in [2.05, 4.69) is 15.9 Å². The second-order valence-corrected chi connectivity index (χ2v) is 5.08. The fraction of sp³-hybridized carbons (Fsp3) is 0.462. The van der Waals surface area contributed by atoms with Gasteiger partial charge in [0.15, 0.2) is 5.78 Å². The first kappa shape index (κ1) is 13.7. The molecule has 0 heterocycles. The van der Waals surface area contributed by atoms with E-state index in [1.54, 1.807) is 0 Å². The molecule has 0 aliphatic carbocycles. The van der Waals surface area contributed by atoms with Crippen LogP contribution in [0, 0.1) is 0 Å². The van der Waals surface area contributed by atoms with Crippen molar-refractivity contribution in [3.05, 3.63) is 34.3 Å². The van der Waals surface area contributed by atoms with Crippen molar-refractivity contribution in [2.75, 3.05) is 5.88 Å². The third-order valence-corrected chi connectivity index (χ3v) is 3.19. The zero-order valence-corrected chi connectivity index (χ0v) is 11.6. The molecule has 0 aliphatic heterocycles. The van der Waals surface area contributed by atoms with Crippen molar-refractivity contribution in [3.63, 3.8) is 0 Å². The van der Waals surface area contributed by atoms with E-state index in [9.17, 15) is 4.79 Å². The first-order valence-electron chi connectivity index (χ1n) is 5.59. The quantitative estimate of drug-likeness (QED) is 0.401. The molecule has 1 aromatic rings. The van der Waals surface area contributed by atoms with Crippen LogP contribution in [0.1, 0.15) is 42.5 Å². The molecule has 0 aliphatic rings. The Balaban J connectivity index is 2.30. The van der Waals surface area contributed by atoms with Crippen LogP contribution in [0.4, 0.5) is 0 Å². The molecular formula is C13H16BrClO. The van der Waals surface area contributed by atoms with Gasteiger partial charge in [-0.2, -0.15) is 0 Å². The zero-order valence-electron chi connectivity index (χ0n) is 9.22. The van der Waals surface area contributed by atoms with Crippen LogP contribution in [0.25, 0.3) is 0 Å². The highest BCUT2D eigenvalue weighted by atomic mass is 79.9. The van der Waals surface area contributed by atoms with Crippen LogP contribution in [0.15, 0.2) is 28.7 Å². The molecule has 1 aromatic carbocycles. The van der Waals surface area contributed by atoms with Gasteiger partial charge in [0.2, 0.25) is 0 Å². The fourth-order valence-corrected chi connectivity index (χ4v) is 2.13. The molecule has 0 spiro atoms. The van der Waals surface area contributed by atoms with E-state index in [0.29, 0.717) is 6.42 Å². The summed E-state index contributed by atoms with van der Waals surface area (Å²) < 4.78 is 0.959. The molecule has 0 fully saturated rings. The Morgan fingerprint density at radius 2 is 1.94 bits per heavy atom. The van der Waals surface area contributed by atoms with Gasteiger partial charge in [0.05, 0.1) is 0 Å². The molecular weight excluding hydrogens is 287 g/mol. The Morgan fingerprint density at radius 3 is 2.62 bits per heavy atom. The van der Waals surface area contributed by atoms with Gasteiger partial charge in [-0.05, 0) is 25.0 Å². The summed E-state index contributed by atoms with van der Waals surface area (Å²) in [5.41, 5.74) is 0.798. The number of Topliss-reactive ketones (excluding diaryl/α,β-unsaturated/α-hetero) is 1. The predicted molar refractivity (Wildman–Crippen MR) is 72.3 cm³/mol. The maximum Gasteiger partial charge on any atom is 0.162 e. The first-order valence-corrected chi connectivity index (χ1v) is 6.91. The summed E-state index contributed by atoms with van der Waals surface area (Å²) in [6.07, 6.45) is 4.86. The maximum atomic E-state index is 11.8. The van der Waals surface area contributed by atoms with Crippen LogP contribution in [0.2, 0.25) is 0 Å². The molecule has 16 heavy (non-hydrogen) atoms. The second-order valence-electron chi connectivity index (χ2n) is 3.79. The lowest BCUT2D eigenvalue weighted by Gasteiger charge is -2.01. The molecule has 0 aromatic heterocycles. The summed E-state index contributed by atoms with van der Waals surface area (Å²) in [7, 11) is 0. The van der Waals surface area contributed by atoms with E-state index in [0.717, 1.165) is 41.6 Å². The van der Waals surface area contributed by atoms with Crippen molar-refractivity contribution in [1.82, 2.24) is 0 Å². The van der Waals surface area contributed by atoms with Crippen molar-refractivity contribution in [1.29, 1.82) is 0 Å². The number of ketones is 1. The molecule has 0 saturated carbocycles. The zero-order chi connectivity index (χ0) is 11.8. The SMILES string of the molecule is O=C(CCCCCCCl)c1cccc(Br)c1. The largest absolute Gasteiger partial charge is 0.294 e. The molecule has 0 saturated heterocycles. The second kappa shape index (κ2) is 7.86. The molecule has 1 nitrogen and oxygen atoms in total. The van der Waals surface area contributed by atoms with Crippen molar-refractivity contribution in [2.24, 2.45) is 0 Å². The summed E-state index contributed by atoms with van der Waals surface area (Å²) in [4.78, 5) is 11.8. The molecule has 0 radical (unpaired) electrons. The van der Waals surface area contributed by atoms with Crippen LogP contribution < -0.4 is 0 Å². The molecule has 0 unspecified atom stereocenters. The normalized spacial score (nSPS) is 10.4. The molecule has 1 rings (SSSR count). The van der Waals surface area contributed by atoms with Crippen LogP contribution in [0.3, 0.4) is 0 Å². The van der Waals surface area contributed by atoms with Gasteiger partial charge in [0.25, 0.3) is 0 Å². The van der Waals surface area contributed by atoms with Crippen LogP contribution >= 0.6 is 27.5 Å². The van der Waals surface area contributed by atoms with E-state index < -0.39 is 0 Å². The number of carbonyl (C=O) groups excluding carboxylic acids is 1. The van der Waals surface area contributed by atoms with Crippen molar-refractivity contribution in [2.45, 2.75) is 32.1 Å². The summed E-state index contributed by atoms with van der Waals surface area (Å²) in [6, 6.07) is 7.56. The minimum Gasteiger partial charge on any atom is -0.294 e. The highest BCUT2D eigenvalue weighted by Crippen LogP contribution is 2.14. The Hall–Kier alpha value is -0.340. The van der Waals surface area contributed by atoms with Gasteiger partial charge in [-0.25, -0.2) is 0 Å². The third-order valence-electron chi connectivity index (χ3n) is 2.43. The predicted octanol–water partition coefficient (Wildman–Crippen LogP) is 4.82. The Morgan fingerprint density at radius 1 is 1.19 bits per heavy atom. The highest BCUT2D eigenvalue weighted by molar-refractivity contribution is 9.10. The number of alkyl halides is 1. The molecule has 88 valence electrons. The van der Waals surface area contributed by atoms with Crippen molar-refractivity contribution < 1.29 is 4.79 Å². The van der Waals surface area contributed by atoms with Gasteiger partial charge >= 0.3 is 0 Å². The van der Waals surface area contributed by atoms with Crippen LogP contribution in [-0.4, -0.2) is 11.7 Å². The average molecular weight is 304 g/mol. The summed E-state index contributed by atoms with van der Waals surface area (Å²) >= 11 is 8.95. The van der Waals surface area contributed by atoms with E-state index in [1.807, 2.05) is 24.3 Å². The van der Waals surface area contributed by atoms with E-state index in [1.165, 1.54) is 0 Å². The lowest BCUT2D eigenvalue weighted by atomic mass is 10.0. The van der Waals surface area contributed by atoms with E-state index in [4.69, 9.17) is 11.6 Å². The average Bonchev–Trinajstić information content (AvgIpc) is 2.28. The fourth-order valence-electron chi connectivity index (χ4n) is 1.54. The Bertz CT molecular complexity index is 338. The molecule has 0 bridgehead atoms. The summed E-state index contributed by atoms with van der Waals surface area (Å²) in [6.45, 7) is 0. The molecule has 0 N–H and O–H groups in total. The Labute approximate surface area is 110 Å². The van der Waals surface area contributed by atoms with Crippen LogP contribution in [-0.2, 0) is 0 Å². The van der Waals surface area contributed by atoms with Gasteiger partial charge < -0.3 is 0 Å². The number of halogens is 2. The standard InChI is InChI=1S/C13H16BrClO/c14-12-7-5-6-11(10-12)13(16)8-3-1-2-4-9-15/h5-7,10H,1-4,8-9H2. The van der Waals surface area contributed by atoms with Gasteiger partial charge in [-0.15, -0.1) is 11.6 Å². The van der Waals surface area contributed by atoms with Crippen molar-refractivity contribution >= 4 is 33.3 Å². The van der Waals surface area contributed by atoms with E-state index in [-0.39, 0.29) is 5.78 Å². The van der Waals surface area contributed by atoms with Gasteiger partial charge in [0.1, 0.15) is 0 Å². The minimum atomic E-state index is 0.229. The van der Waals surface area contributed by atoms with Gasteiger partial charge in [-0.3, -0.25) is 4.79 Å². The number of unbranched alkanes of at least 4 members (excludes halogenated alkanes) is 3. The maximum absolute atomic E-state index is 11.8. The number of hydrogen-bond donors (Lipinski definition) is 0. The minimum absolute atomic E-state index is 0.229. The number of benzene rings is 1. The monoisotopic (exact) mass is 302 g/mol. The van der Waals surface area contributed by atoms with Crippen molar-refractivity contribution in [3.8, 4) is 0 Å². The van der Waals surface area contributed by atoms with Gasteiger partial charge in [-0.1, -0.05) is 40.9 Å². The number of rotatable bonds is 7. The van der Waals surface area contributed by atoms with Crippen LogP contribution in [0.5, 0.6) is 0 Å². The lowest BCUT2D eigenvalue weighted by Crippen LogP contribution is -1.98. The summed E-state index contributed by atoms with van der Waals surface area (Å²) in [5.74, 6) is 0.951. The molecule has 0 amide bonds. The van der Waals surface area contributed by atoms with E-state index >= 15 is 0 Å². The Kier molecular flexibility index (Phi) is 6.74. The molecule has 3 heteroatoms. The number of carbonyl (C=O) groups is 1.